The molecular formula is C14H15NO6. The zero-order valence-corrected chi connectivity index (χ0v) is 11.7. The van der Waals surface area contributed by atoms with Gasteiger partial charge in [0.05, 0.1) is 25.8 Å². The lowest BCUT2D eigenvalue weighted by Crippen LogP contribution is -2.28. The van der Waals surface area contributed by atoms with E-state index in [0.29, 0.717) is 0 Å². The zero-order chi connectivity index (χ0) is 15.6. The fourth-order valence-corrected chi connectivity index (χ4v) is 2.39. The van der Waals surface area contributed by atoms with Crippen LogP contribution in [0.5, 0.6) is 5.75 Å². The largest absolute Gasteiger partial charge is 0.496 e. The number of carboxylic acids is 1. The van der Waals surface area contributed by atoms with Crippen molar-refractivity contribution >= 4 is 23.5 Å². The molecule has 0 spiro atoms. The number of carbonyl (C=O) groups is 3. The SMILES string of the molecule is COC(=O)C1CC(=O)N(c2cccc(OC)c2C(=O)O)C1. The van der Waals surface area contributed by atoms with E-state index in [1.165, 1.54) is 31.3 Å². The average Bonchev–Trinajstić information content (AvgIpc) is 2.87. The smallest absolute Gasteiger partial charge is 0.341 e. The summed E-state index contributed by atoms with van der Waals surface area (Å²) < 4.78 is 9.66. The van der Waals surface area contributed by atoms with Crippen molar-refractivity contribution < 1.29 is 29.0 Å². The molecular weight excluding hydrogens is 278 g/mol. The molecule has 1 aromatic rings. The average molecular weight is 293 g/mol. The Morgan fingerprint density at radius 3 is 2.62 bits per heavy atom. The third kappa shape index (κ3) is 2.67. The number of hydrogen-bond acceptors (Lipinski definition) is 5. The van der Waals surface area contributed by atoms with E-state index in [1.54, 1.807) is 6.07 Å². The van der Waals surface area contributed by atoms with Gasteiger partial charge in [-0.2, -0.15) is 0 Å². The van der Waals surface area contributed by atoms with Gasteiger partial charge < -0.3 is 19.5 Å². The summed E-state index contributed by atoms with van der Waals surface area (Å²) in [6.45, 7) is 0.0962. The van der Waals surface area contributed by atoms with Crippen molar-refractivity contribution in [3.8, 4) is 5.75 Å². The van der Waals surface area contributed by atoms with Gasteiger partial charge in [0.2, 0.25) is 5.91 Å². The maximum absolute atomic E-state index is 12.1. The van der Waals surface area contributed by atoms with Crippen molar-refractivity contribution in [1.29, 1.82) is 0 Å². The lowest BCUT2D eigenvalue weighted by atomic mass is 10.1. The van der Waals surface area contributed by atoms with Gasteiger partial charge >= 0.3 is 11.9 Å². The third-order valence-corrected chi connectivity index (χ3v) is 3.39. The first-order valence-electron chi connectivity index (χ1n) is 6.28. The molecule has 1 aliphatic heterocycles. The number of nitrogens with zero attached hydrogens (tertiary/aromatic N) is 1. The Balaban J connectivity index is 2.41. The Morgan fingerprint density at radius 2 is 2.05 bits per heavy atom. The van der Waals surface area contributed by atoms with Crippen LogP contribution in [0.2, 0.25) is 0 Å². The van der Waals surface area contributed by atoms with Crippen molar-refractivity contribution in [3.05, 3.63) is 23.8 Å². The third-order valence-electron chi connectivity index (χ3n) is 3.39. The first-order chi connectivity index (χ1) is 9.99. The summed E-state index contributed by atoms with van der Waals surface area (Å²) >= 11 is 0. The van der Waals surface area contributed by atoms with Gasteiger partial charge in [0, 0.05) is 13.0 Å². The van der Waals surface area contributed by atoms with E-state index in [9.17, 15) is 19.5 Å². The molecule has 1 aliphatic rings. The van der Waals surface area contributed by atoms with Gasteiger partial charge in [-0.1, -0.05) is 6.07 Å². The van der Waals surface area contributed by atoms with Crippen molar-refractivity contribution in [2.45, 2.75) is 6.42 Å². The molecule has 0 saturated carbocycles. The molecule has 0 bridgehead atoms. The standard InChI is InChI=1S/C14H15NO6/c1-20-10-5-3-4-9(12(10)13(17)18)15-7-8(6-11(15)16)14(19)21-2/h3-5,8H,6-7H2,1-2H3,(H,17,18). The molecule has 0 aromatic heterocycles. The van der Waals surface area contributed by atoms with Crippen LogP contribution in [-0.4, -0.2) is 43.7 Å². The first kappa shape index (κ1) is 14.8. The summed E-state index contributed by atoms with van der Waals surface area (Å²) in [5.41, 5.74) is 0.122. The van der Waals surface area contributed by atoms with Gasteiger partial charge in [-0.15, -0.1) is 0 Å². The lowest BCUT2D eigenvalue weighted by Gasteiger charge is -2.20. The fraction of sp³-hybridized carbons (Fsp3) is 0.357. The van der Waals surface area contributed by atoms with Crippen LogP contribution in [0.25, 0.3) is 0 Å². The number of rotatable bonds is 4. The van der Waals surface area contributed by atoms with Gasteiger partial charge in [0.1, 0.15) is 11.3 Å². The number of ether oxygens (including phenoxy) is 2. The summed E-state index contributed by atoms with van der Waals surface area (Å²) in [5.74, 6) is -2.42. The molecule has 1 heterocycles. The summed E-state index contributed by atoms with van der Waals surface area (Å²) in [6, 6.07) is 4.62. The molecule has 21 heavy (non-hydrogen) atoms. The summed E-state index contributed by atoms with van der Waals surface area (Å²) in [7, 11) is 2.61. The van der Waals surface area contributed by atoms with Crippen LogP contribution in [0.3, 0.4) is 0 Å². The second-order valence-electron chi connectivity index (χ2n) is 4.59. The van der Waals surface area contributed by atoms with Gasteiger partial charge in [0.25, 0.3) is 0 Å². The van der Waals surface area contributed by atoms with Crippen molar-refractivity contribution in [2.75, 3.05) is 25.7 Å². The molecule has 0 radical (unpaired) electrons. The van der Waals surface area contributed by atoms with Gasteiger partial charge in [-0.3, -0.25) is 9.59 Å². The molecule has 1 N–H and O–H groups in total. The highest BCUT2D eigenvalue weighted by atomic mass is 16.5. The molecule has 112 valence electrons. The van der Waals surface area contributed by atoms with E-state index in [0.717, 1.165) is 0 Å². The zero-order valence-electron chi connectivity index (χ0n) is 11.7. The number of amides is 1. The quantitative estimate of drug-likeness (QED) is 0.830. The Morgan fingerprint density at radius 1 is 1.33 bits per heavy atom. The molecule has 1 fully saturated rings. The number of aromatic carboxylic acids is 1. The predicted octanol–water partition coefficient (Wildman–Crippen LogP) is 0.919. The monoisotopic (exact) mass is 293 g/mol. The Kier molecular flexibility index (Phi) is 4.11. The van der Waals surface area contributed by atoms with Crippen LogP contribution >= 0.6 is 0 Å². The molecule has 2 rings (SSSR count). The summed E-state index contributed by atoms with van der Waals surface area (Å²) in [4.78, 5) is 36.3. The minimum atomic E-state index is -1.20. The molecule has 1 unspecified atom stereocenters. The highest BCUT2D eigenvalue weighted by Gasteiger charge is 2.37. The van der Waals surface area contributed by atoms with Gasteiger partial charge in [-0.05, 0) is 12.1 Å². The van der Waals surface area contributed by atoms with Crippen LogP contribution in [0.1, 0.15) is 16.8 Å². The van der Waals surface area contributed by atoms with Crippen LogP contribution in [0.15, 0.2) is 18.2 Å². The van der Waals surface area contributed by atoms with Crippen molar-refractivity contribution in [2.24, 2.45) is 5.92 Å². The Bertz CT molecular complexity index is 597. The number of anilines is 1. The fourth-order valence-electron chi connectivity index (χ4n) is 2.39. The second kappa shape index (κ2) is 5.82. The molecule has 0 aliphatic carbocycles. The van der Waals surface area contributed by atoms with E-state index >= 15 is 0 Å². The predicted molar refractivity (Wildman–Crippen MR) is 72.4 cm³/mol. The highest BCUT2D eigenvalue weighted by molar-refractivity contribution is 6.06. The maximum atomic E-state index is 12.1. The van der Waals surface area contributed by atoms with E-state index in [4.69, 9.17) is 4.74 Å². The normalized spacial score (nSPS) is 17.7. The van der Waals surface area contributed by atoms with Gasteiger partial charge in [0.15, 0.2) is 0 Å². The topological polar surface area (TPSA) is 93.1 Å². The number of methoxy groups -OCH3 is 2. The molecule has 1 aromatic carbocycles. The van der Waals surface area contributed by atoms with Crippen LogP contribution in [0.4, 0.5) is 5.69 Å². The van der Waals surface area contributed by atoms with Crippen LogP contribution in [0, 0.1) is 5.92 Å². The van der Waals surface area contributed by atoms with Crippen LogP contribution in [-0.2, 0) is 14.3 Å². The molecule has 7 heteroatoms. The lowest BCUT2D eigenvalue weighted by molar-refractivity contribution is -0.145. The van der Waals surface area contributed by atoms with Gasteiger partial charge in [-0.25, -0.2) is 4.79 Å². The minimum absolute atomic E-state index is 0.00292. The van der Waals surface area contributed by atoms with E-state index < -0.39 is 17.9 Å². The summed E-state index contributed by atoms with van der Waals surface area (Å²) in [6.07, 6.45) is 0.00292. The molecule has 1 atom stereocenters. The number of carboxylic acid groups (broad SMARTS) is 1. The molecule has 1 saturated heterocycles. The minimum Gasteiger partial charge on any atom is -0.496 e. The summed E-state index contributed by atoms with van der Waals surface area (Å²) in [5, 5.41) is 9.34. The number of benzene rings is 1. The van der Waals surface area contributed by atoms with E-state index in [-0.39, 0.29) is 35.9 Å². The first-order valence-corrected chi connectivity index (χ1v) is 6.28. The number of hydrogen-bond donors (Lipinski definition) is 1. The highest BCUT2D eigenvalue weighted by Crippen LogP contribution is 2.33. The second-order valence-corrected chi connectivity index (χ2v) is 4.59. The van der Waals surface area contributed by atoms with Crippen LogP contribution < -0.4 is 9.64 Å². The van der Waals surface area contributed by atoms with Crippen molar-refractivity contribution in [1.82, 2.24) is 0 Å². The maximum Gasteiger partial charge on any atom is 0.341 e. The Hall–Kier alpha value is -2.57. The van der Waals surface area contributed by atoms with E-state index in [1.807, 2.05) is 0 Å². The molecule has 7 nitrogen and oxygen atoms in total. The Labute approximate surface area is 121 Å². The molecule has 1 amide bonds. The van der Waals surface area contributed by atoms with Crippen molar-refractivity contribution in [3.63, 3.8) is 0 Å². The number of esters is 1. The van der Waals surface area contributed by atoms with E-state index in [2.05, 4.69) is 4.74 Å². The number of carbonyl (C=O) groups excluding carboxylic acids is 2.